The van der Waals surface area contributed by atoms with Crippen LogP contribution in [-0.2, 0) is 4.79 Å². The predicted octanol–water partition coefficient (Wildman–Crippen LogP) is 5.08. The fraction of sp³-hybridized carbons (Fsp3) is 0.120. The molecule has 0 saturated carbocycles. The molecule has 0 unspecified atom stereocenters. The minimum atomic E-state index is -0.171. The molecule has 0 fully saturated rings. The zero-order valence-corrected chi connectivity index (χ0v) is 19.1. The van der Waals surface area contributed by atoms with Gasteiger partial charge in [0.2, 0.25) is 5.91 Å². The third kappa shape index (κ3) is 4.40. The molecule has 0 aliphatic carbocycles. The van der Waals surface area contributed by atoms with E-state index < -0.39 is 0 Å². The van der Waals surface area contributed by atoms with Crippen LogP contribution in [0.25, 0.3) is 21.2 Å². The Bertz CT molecular complexity index is 1400. The van der Waals surface area contributed by atoms with E-state index in [1.165, 1.54) is 30.3 Å². The highest BCUT2D eigenvalue weighted by atomic mass is 32.1. The fourth-order valence-corrected chi connectivity index (χ4v) is 4.53. The summed E-state index contributed by atoms with van der Waals surface area (Å²) in [4.78, 5) is 30.9. The van der Waals surface area contributed by atoms with Crippen molar-refractivity contribution in [1.29, 1.82) is 5.26 Å². The Kier molecular flexibility index (Phi) is 6.07. The van der Waals surface area contributed by atoms with Gasteiger partial charge in [-0.2, -0.15) is 5.26 Å². The molecule has 4 aromatic rings. The Labute approximate surface area is 194 Å². The quantitative estimate of drug-likeness (QED) is 0.452. The number of carbonyl (C=O) groups is 2. The zero-order chi connectivity index (χ0) is 23.5. The minimum Gasteiger partial charge on any atom is -0.495 e. The molecule has 1 N–H and O–H groups in total. The van der Waals surface area contributed by atoms with Crippen LogP contribution in [0.4, 0.5) is 11.4 Å². The molecular weight excluding hydrogens is 436 g/mol. The third-order valence-corrected chi connectivity index (χ3v) is 6.23. The molecule has 2 aromatic heterocycles. The lowest BCUT2D eigenvalue weighted by Crippen LogP contribution is -2.25. The molecule has 0 saturated heterocycles. The van der Waals surface area contributed by atoms with Crippen molar-refractivity contribution in [2.45, 2.75) is 6.92 Å². The average molecular weight is 457 g/mol. The number of nitrogens with one attached hydrogen (secondary N) is 1. The number of methoxy groups -OCH3 is 1. The topological polar surface area (TPSA) is 95.3 Å². The van der Waals surface area contributed by atoms with Crippen LogP contribution in [0.1, 0.15) is 22.2 Å². The summed E-state index contributed by atoms with van der Waals surface area (Å²) in [5, 5.41) is 12.9. The summed E-state index contributed by atoms with van der Waals surface area (Å²) in [5.41, 5.74) is 3.58. The average Bonchev–Trinajstić information content (AvgIpc) is 3.27. The largest absolute Gasteiger partial charge is 0.495 e. The van der Waals surface area contributed by atoms with Crippen LogP contribution in [0.15, 0.2) is 60.9 Å². The van der Waals surface area contributed by atoms with Crippen LogP contribution in [0.3, 0.4) is 0 Å². The van der Waals surface area contributed by atoms with Crippen molar-refractivity contribution in [3.05, 3.63) is 71.4 Å². The van der Waals surface area contributed by atoms with Gasteiger partial charge in [-0.3, -0.25) is 14.6 Å². The number of nitrogens with zero attached hydrogens (tertiary/aromatic N) is 3. The maximum absolute atomic E-state index is 13.2. The number of fused-ring (bicyclic) bond motifs is 1. The second-order valence-electron chi connectivity index (χ2n) is 7.33. The van der Waals surface area contributed by atoms with Gasteiger partial charge in [0.15, 0.2) is 0 Å². The lowest BCUT2D eigenvalue weighted by Gasteiger charge is -2.17. The first-order chi connectivity index (χ1) is 15.9. The second-order valence-corrected chi connectivity index (χ2v) is 8.41. The van der Waals surface area contributed by atoms with Crippen LogP contribution < -0.4 is 15.0 Å². The molecule has 7 nitrogen and oxygen atoms in total. The first-order valence-corrected chi connectivity index (χ1v) is 10.8. The van der Waals surface area contributed by atoms with Crippen molar-refractivity contribution in [1.82, 2.24) is 4.98 Å². The number of hydrogen-bond acceptors (Lipinski definition) is 6. The Morgan fingerprint density at radius 1 is 1.12 bits per heavy atom. The van der Waals surface area contributed by atoms with Crippen LogP contribution in [0, 0.1) is 11.3 Å². The number of amides is 2. The Morgan fingerprint density at radius 3 is 2.55 bits per heavy atom. The van der Waals surface area contributed by atoms with E-state index in [0.717, 1.165) is 21.2 Å². The van der Waals surface area contributed by atoms with Crippen LogP contribution >= 0.6 is 11.3 Å². The minimum absolute atomic E-state index is 0.128. The molecule has 2 heterocycles. The fourth-order valence-electron chi connectivity index (χ4n) is 3.50. The SMILES string of the molecule is COc1cc(N(C)C(=O)c2cc3c(-c4ccc(NC(C)=O)cc4)cncc3s2)ccc1C#N. The van der Waals surface area contributed by atoms with Crippen molar-refractivity contribution in [3.63, 3.8) is 0 Å². The maximum atomic E-state index is 13.2. The van der Waals surface area contributed by atoms with E-state index in [4.69, 9.17) is 4.74 Å². The number of rotatable bonds is 5. The Balaban J connectivity index is 1.67. The van der Waals surface area contributed by atoms with Gasteiger partial charge >= 0.3 is 0 Å². The van der Waals surface area contributed by atoms with Crippen molar-refractivity contribution in [2.24, 2.45) is 0 Å². The summed E-state index contributed by atoms with van der Waals surface area (Å²) in [7, 11) is 3.18. The van der Waals surface area contributed by atoms with Gasteiger partial charge < -0.3 is 15.0 Å². The Hall–Kier alpha value is -4.22. The van der Waals surface area contributed by atoms with E-state index in [0.29, 0.717) is 27.6 Å². The predicted molar refractivity (Wildman–Crippen MR) is 130 cm³/mol. The number of nitriles is 1. The molecule has 0 aliphatic heterocycles. The normalized spacial score (nSPS) is 10.5. The van der Waals surface area contributed by atoms with Crippen LogP contribution in [0.5, 0.6) is 5.75 Å². The highest BCUT2D eigenvalue weighted by Gasteiger charge is 2.19. The number of hydrogen-bond donors (Lipinski definition) is 1. The summed E-state index contributed by atoms with van der Waals surface area (Å²) in [6.07, 6.45) is 3.52. The number of carbonyl (C=O) groups excluding carboxylic acids is 2. The first kappa shape index (κ1) is 22.0. The molecule has 4 rings (SSSR count). The van der Waals surface area contributed by atoms with E-state index in [1.807, 2.05) is 30.3 Å². The molecule has 164 valence electrons. The van der Waals surface area contributed by atoms with Gasteiger partial charge in [0.05, 0.1) is 22.3 Å². The molecule has 0 bridgehead atoms. The van der Waals surface area contributed by atoms with Crippen molar-refractivity contribution in [3.8, 4) is 22.9 Å². The molecular formula is C25H20N4O3S. The number of anilines is 2. The summed E-state index contributed by atoms with van der Waals surface area (Å²) >= 11 is 1.37. The van der Waals surface area contributed by atoms with Crippen molar-refractivity contribution < 1.29 is 14.3 Å². The number of pyridine rings is 1. The van der Waals surface area contributed by atoms with Crippen LogP contribution in [0.2, 0.25) is 0 Å². The highest BCUT2D eigenvalue weighted by molar-refractivity contribution is 7.21. The summed E-state index contributed by atoms with van der Waals surface area (Å²) in [6, 6.07) is 16.5. The van der Waals surface area contributed by atoms with Gasteiger partial charge in [0.25, 0.3) is 5.91 Å². The van der Waals surface area contributed by atoms with Gasteiger partial charge in [-0.1, -0.05) is 12.1 Å². The number of thiophene rings is 1. The van der Waals surface area contributed by atoms with Crippen LogP contribution in [-0.4, -0.2) is 31.0 Å². The van der Waals surface area contributed by atoms with Crippen molar-refractivity contribution in [2.75, 3.05) is 24.4 Å². The monoisotopic (exact) mass is 456 g/mol. The van der Waals surface area contributed by atoms with E-state index in [9.17, 15) is 14.9 Å². The smallest absolute Gasteiger partial charge is 0.268 e. The van der Waals surface area contributed by atoms with Gasteiger partial charge in [-0.05, 0) is 35.9 Å². The number of ether oxygens (including phenoxy) is 1. The first-order valence-electron chi connectivity index (χ1n) is 10.0. The molecule has 33 heavy (non-hydrogen) atoms. The second kappa shape index (κ2) is 9.10. The molecule has 0 spiro atoms. The molecule has 2 amide bonds. The number of aromatic nitrogens is 1. The molecule has 0 atom stereocenters. The van der Waals surface area contributed by atoms with E-state index in [2.05, 4.69) is 16.4 Å². The van der Waals surface area contributed by atoms with Gasteiger partial charge in [0, 0.05) is 54.8 Å². The molecule has 2 aromatic carbocycles. The van der Waals surface area contributed by atoms with E-state index in [-0.39, 0.29) is 11.8 Å². The van der Waals surface area contributed by atoms with E-state index >= 15 is 0 Å². The standard InChI is InChI=1S/C25H20N4O3S/c1-15(30)28-18-7-4-16(5-8-18)21-13-27-14-24-20(21)11-23(33-24)25(31)29(2)19-9-6-17(12-26)22(10-19)32-3/h4-11,13-14H,1-3H3,(H,28,30). The van der Waals surface area contributed by atoms with E-state index in [1.54, 1.807) is 37.6 Å². The Morgan fingerprint density at radius 2 is 1.88 bits per heavy atom. The molecule has 0 radical (unpaired) electrons. The maximum Gasteiger partial charge on any atom is 0.268 e. The lowest BCUT2D eigenvalue weighted by molar-refractivity contribution is -0.114. The summed E-state index contributed by atoms with van der Waals surface area (Å²) < 4.78 is 6.16. The van der Waals surface area contributed by atoms with Gasteiger partial charge in [-0.25, -0.2) is 0 Å². The van der Waals surface area contributed by atoms with Gasteiger partial charge in [-0.15, -0.1) is 11.3 Å². The zero-order valence-electron chi connectivity index (χ0n) is 18.2. The summed E-state index contributed by atoms with van der Waals surface area (Å²) in [5.74, 6) is 0.117. The highest BCUT2D eigenvalue weighted by Crippen LogP contribution is 2.35. The summed E-state index contributed by atoms with van der Waals surface area (Å²) in [6.45, 7) is 1.47. The number of benzene rings is 2. The molecule has 8 heteroatoms. The lowest BCUT2D eigenvalue weighted by atomic mass is 10.0. The van der Waals surface area contributed by atoms with Crippen molar-refractivity contribution >= 4 is 44.6 Å². The third-order valence-electron chi connectivity index (χ3n) is 5.17. The van der Waals surface area contributed by atoms with Gasteiger partial charge in [0.1, 0.15) is 11.8 Å². The molecule has 0 aliphatic rings.